The molecule has 1 aliphatic heterocycles. The number of hydrogen-bond donors (Lipinski definition) is 0. The van der Waals surface area contributed by atoms with Crippen LogP contribution in [0.2, 0.25) is 0 Å². The molecule has 1 saturated heterocycles. The lowest BCUT2D eigenvalue weighted by atomic mass is 9.88. The van der Waals surface area contributed by atoms with Gasteiger partial charge >= 0.3 is 0 Å². The van der Waals surface area contributed by atoms with Gasteiger partial charge in [0.05, 0.1) is 6.04 Å². The molecule has 1 fully saturated rings. The molecular formula is C28H19N3O5S. The highest BCUT2D eigenvalue weighted by atomic mass is 32.1. The maximum absolute atomic E-state index is 13.8. The SMILES string of the molecule is Cc1nnc(N2C(=O)C(=O)C(C(=O)c3cc4ccccc4o3)C2c2cccc(Oc3ccccc3)c2)s1. The Morgan fingerprint density at radius 3 is 2.43 bits per heavy atom. The summed E-state index contributed by atoms with van der Waals surface area (Å²) in [6, 6.07) is 24.1. The van der Waals surface area contributed by atoms with Crippen molar-refractivity contribution >= 4 is 44.9 Å². The Balaban J connectivity index is 1.45. The van der Waals surface area contributed by atoms with Crippen molar-refractivity contribution in [3.63, 3.8) is 0 Å². The van der Waals surface area contributed by atoms with Crippen LogP contribution in [0.3, 0.4) is 0 Å². The molecule has 37 heavy (non-hydrogen) atoms. The Morgan fingerprint density at radius 2 is 1.68 bits per heavy atom. The van der Waals surface area contributed by atoms with E-state index in [1.54, 1.807) is 49.4 Å². The minimum Gasteiger partial charge on any atom is -0.457 e. The van der Waals surface area contributed by atoms with Gasteiger partial charge in [0.25, 0.3) is 5.91 Å². The lowest BCUT2D eigenvalue weighted by Gasteiger charge is -2.24. The minimum atomic E-state index is -1.33. The van der Waals surface area contributed by atoms with E-state index in [0.29, 0.717) is 27.7 Å². The van der Waals surface area contributed by atoms with Gasteiger partial charge in [-0.15, -0.1) is 10.2 Å². The van der Waals surface area contributed by atoms with E-state index >= 15 is 0 Å². The van der Waals surface area contributed by atoms with Gasteiger partial charge in [-0.2, -0.15) is 0 Å². The van der Waals surface area contributed by atoms with Gasteiger partial charge in [-0.05, 0) is 48.9 Å². The highest BCUT2D eigenvalue weighted by Crippen LogP contribution is 2.43. The van der Waals surface area contributed by atoms with E-state index in [1.807, 2.05) is 42.5 Å². The maximum atomic E-state index is 13.8. The number of hydrogen-bond acceptors (Lipinski definition) is 8. The Hall–Kier alpha value is -4.63. The number of rotatable bonds is 6. The third-order valence-electron chi connectivity index (χ3n) is 6.16. The van der Waals surface area contributed by atoms with Gasteiger partial charge in [0, 0.05) is 5.39 Å². The van der Waals surface area contributed by atoms with E-state index in [4.69, 9.17) is 9.15 Å². The number of anilines is 1. The van der Waals surface area contributed by atoms with Crippen LogP contribution < -0.4 is 9.64 Å². The van der Waals surface area contributed by atoms with E-state index in [-0.39, 0.29) is 10.9 Å². The van der Waals surface area contributed by atoms with E-state index in [0.717, 1.165) is 5.39 Å². The Morgan fingerprint density at radius 1 is 0.919 bits per heavy atom. The summed E-state index contributed by atoms with van der Waals surface area (Å²) in [7, 11) is 0. The van der Waals surface area contributed by atoms with Crippen LogP contribution in [0.4, 0.5) is 5.13 Å². The minimum absolute atomic E-state index is 0.0179. The first-order valence-corrected chi connectivity index (χ1v) is 12.3. The largest absolute Gasteiger partial charge is 0.457 e. The second kappa shape index (κ2) is 9.11. The number of carbonyl (C=O) groups is 3. The molecule has 6 rings (SSSR count). The number of furan rings is 1. The maximum Gasteiger partial charge on any atom is 0.297 e. The summed E-state index contributed by atoms with van der Waals surface area (Å²) in [6.07, 6.45) is 0. The number of para-hydroxylation sites is 2. The first-order chi connectivity index (χ1) is 18.0. The van der Waals surface area contributed by atoms with Crippen molar-refractivity contribution in [3.8, 4) is 11.5 Å². The number of nitrogens with zero attached hydrogens (tertiary/aromatic N) is 3. The van der Waals surface area contributed by atoms with E-state index in [1.165, 1.54) is 16.2 Å². The van der Waals surface area contributed by atoms with Crippen molar-refractivity contribution in [2.75, 3.05) is 4.90 Å². The van der Waals surface area contributed by atoms with E-state index in [2.05, 4.69) is 10.2 Å². The fourth-order valence-corrected chi connectivity index (χ4v) is 5.23. The summed E-state index contributed by atoms with van der Waals surface area (Å²) < 4.78 is 11.8. The van der Waals surface area contributed by atoms with Gasteiger partial charge in [-0.25, -0.2) is 0 Å². The Labute approximate surface area is 215 Å². The number of carbonyl (C=O) groups excluding carboxylic acids is 3. The summed E-state index contributed by atoms with van der Waals surface area (Å²) >= 11 is 1.17. The topological polar surface area (TPSA) is 103 Å². The molecule has 2 atom stereocenters. The van der Waals surface area contributed by atoms with E-state index < -0.39 is 29.4 Å². The van der Waals surface area contributed by atoms with Crippen LogP contribution in [-0.2, 0) is 9.59 Å². The van der Waals surface area contributed by atoms with Crippen molar-refractivity contribution in [1.82, 2.24) is 10.2 Å². The fourth-order valence-electron chi connectivity index (χ4n) is 4.51. The van der Waals surface area contributed by atoms with Gasteiger partial charge in [-0.3, -0.25) is 19.3 Å². The molecule has 8 nitrogen and oxygen atoms in total. The molecule has 2 aromatic heterocycles. The number of benzene rings is 3. The highest BCUT2D eigenvalue weighted by molar-refractivity contribution is 7.15. The van der Waals surface area contributed by atoms with Crippen LogP contribution in [0, 0.1) is 12.8 Å². The summed E-state index contributed by atoms with van der Waals surface area (Å²) in [5.74, 6) is -2.39. The summed E-state index contributed by atoms with van der Waals surface area (Å²) in [6.45, 7) is 1.75. The number of amides is 1. The van der Waals surface area contributed by atoms with Gasteiger partial charge in [0.1, 0.15) is 28.0 Å². The molecule has 0 bridgehead atoms. The van der Waals surface area contributed by atoms with Gasteiger partial charge in [-0.1, -0.05) is 59.9 Å². The summed E-state index contributed by atoms with van der Waals surface area (Å²) in [4.78, 5) is 41.7. The van der Waals surface area contributed by atoms with Crippen molar-refractivity contribution in [2.45, 2.75) is 13.0 Å². The predicted molar refractivity (Wildman–Crippen MR) is 137 cm³/mol. The Bertz CT molecular complexity index is 1630. The second-order valence-electron chi connectivity index (χ2n) is 8.57. The van der Waals surface area contributed by atoms with Crippen LogP contribution in [0.1, 0.15) is 27.2 Å². The zero-order valence-electron chi connectivity index (χ0n) is 19.5. The van der Waals surface area contributed by atoms with Crippen LogP contribution in [-0.4, -0.2) is 27.7 Å². The van der Waals surface area contributed by atoms with Gasteiger partial charge in [0.15, 0.2) is 5.76 Å². The van der Waals surface area contributed by atoms with Crippen molar-refractivity contribution in [1.29, 1.82) is 0 Å². The van der Waals surface area contributed by atoms with Gasteiger partial charge in [0.2, 0.25) is 16.7 Å². The molecule has 0 aliphatic carbocycles. The molecule has 1 aliphatic rings. The van der Waals surface area contributed by atoms with E-state index in [9.17, 15) is 14.4 Å². The predicted octanol–water partition coefficient (Wildman–Crippen LogP) is 5.54. The first-order valence-electron chi connectivity index (χ1n) is 11.5. The Kier molecular flexibility index (Phi) is 5.61. The molecule has 1 amide bonds. The number of ketones is 2. The van der Waals surface area contributed by atoms with Crippen molar-refractivity contribution in [3.05, 3.63) is 101 Å². The number of fused-ring (bicyclic) bond motifs is 1. The molecule has 0 spiro atoms. The molecule has 0 N–H and O–H groups in total. The van der Waals surface area contributed by atoms with Crippen molar-refractivity contribution < 1.29 is 23.5 Å². The van der Waals surface area contributed by atoms with Crippen molar-refractivity contribution in [2.24, 2.45) is 5.92 Å². The zero-order chi connectivity index (χ0) is 25.5. The monoisotopic (exact) mass is 509 g/mol. The number of aryl methyl sites for hydroxylation is 1. The van der Waals surface area contributed by atoms with Gasteiger partial charge < -0.3 is 9.15 Å². The smallest absolute Gasteiger partial charge is 0.297 e. The number of aromatic nitrogens is 2. The standard InChI is InChI=1S/C28H19N3O5S/c1-16-29-30-28(37-16)31-24(18-9-7-12-20(14-18)35-19-10-3-2-4-11-19)23(26(33)27(31)34)25(32)22-15-17-8-5-6-13-21(17)36-22/h2-15,23-24H,1H3. The molecule has 182 valence electrons. The zero-order valence-corrected chi connectivity index (χ0v) is 20.3. The fraction of sp³-hybridized carbons (Fsp3) is 0.107. The lowest BCUT2D eigenvalue weighted by molar-refractivity contribution is -0.135. The van der Waals surface area contributed by atoms with Crippen LogP contribution in [0.15, 0.2) is 89.3 Å². The third kappa shape index (κ3) is 4.09. The van der Waals surface area contributed by atoms with Crippen LogP contribution >= 0.6 is 11.3 Å². The summed E-state index contributed by atoms with van der Waals surface area (Å²) in [5.41, 5.74) is 1.07. The summed E-state index contributed by atoms with van der Waals surface area (Å²) in [5, 5.41) is 9.72. The molecule has 0 radical (unpaired) electrons. The average molecular weight is 510 g/mol. The first kappa shape index (κ1) is 22.8. The quantitative estimate of drug-likeness (QED) is 0.168. The third-order valence-corrected chi connectivity index (χ3v) is 6.99. The molecule has 5 aromatic rings. The number of Topliss-reactive ketones (excluding diaryl/α,β-unsaturated/α-hetero) is 2. The average Bonchev–Trinajstić information content (AvgIpc) is 3.60. The highest BCUT2D eigenvalue weighted by Gasteiger charge is 2.54. The normalized spacial score (nSPS) is 17.5. The molecule has 9 heteroatoms. The lowest BCUT2D eigenvalue weighted by Crippen LogP contribution is -2.30. The molecule has 3 heterocycles. The van der Waals surface area contributed by atoms with Crippen LogP contribution in [0.5, 0.6) is 11.5 Å². The molecule has 2 unspecified atom stereocenters. The molecule has 3 aromatic carbocycles. The second-order valence-corrected chi connectivity index (χ2v) is 9.73. The number of ether oxygens (including phenoxy) is 1. The molecule has 0 saturated carbocycles. The van der Waals surface area contributed by atoms with Crippen LogP contribution in [0.25, 0.3) is 11.0 Å². The molecular weight excluding hydrogens is 490 g/mol.